The molecule has 0 saturated heterocycles. The van der Waals surface area contributed by atoms with Crippen LogP contribution in [-0.4, -0.2) is 22.0 Å². The second-order valence-corrected chi connectivity index (χ2v) is 4.44. The van der Waals surface area contributed by atoms with Crippen LogP contribution in [-0.2, 0) is 4.79 Å². The van der Waals surface area contributed by atoms with Gasteiger partial charge in [-0.05, 0) is 23.3 Å². The number of carbonyl (C=O) groups excluding carboxylic acids is 1. The number of rotatable bonds is 5. The van der Waals surface area contributed by atoms with Gasteiger partial charge in [0.15, 0.2) is 5.78 Å². The maximum absolute atomic E-state index is 11.7. The molecule has 4 heteroatoms. The van der Waals surface area contributed by atoms with Gasteiger partial charge in [0.25, 0.3) is 0 Å². The quantitative estimate of drug-likeness (QED) is 0.819. The smallest absolute Gasteiger partial charge is 0.303 e. The Balaban J connectivity index is 2.14. The van der Waals surface area contributed by atoms with E-state index in [2.05, 4.69) is 0 Å². The number of phenolic OH excluding ortho intramolecular Hbond substituents is 1. The SMILES string of the molecule is O=C(O)CCC(=O)c1ccc(-c2cccc(O)c2)cc1. The number of benzene rings is 2. The first-order chi connectivity index (χ1) is 9.56. The molecule has 0 amide bonds. The molecule has 2 rings (SSSR count). The topological polar surface area (TPSA) is 74.6 Å². The predicted octanol–water partition coefficient (Wildman–Crippen LogP) is 3.11. The Morgan fingerprint density at radius 3 is 2.20 bits per heavy atom. The van der Waals surface area contributed by atoms with Crippen molar-refractivity contribution < 1.29 is 19.8 Å². The fraction of sp³-hybridized carbons (Fsp3) is 0.125. The number of carbonyl (C=O) groups is 2. The standard InChI is InChI=1S/C16H14O4/c17-14-3-1-2-13(10-14)11-4-6-12(7-5-11)15(18)8-9-16(19)20/h1-7,10,17H,8-9H2,(H,19,20). The summed E-state index contributed by atoms with van der Waals surface area (Å²) < 4.78 is 0. The van der Waals surface area contributed by atoms with Gasteiger partial charge in [-0.2, -0.15) is 0 Å². The molecule has 0 spiro atoms. The summed E-state index contributed by atoms with van der Waals surface area (Å²) in [5, 5.41) is 18.0. The van der Waals surface area contributed by atoms with Crippen LogP contribution in [0.2, 0.25) is 0 Å². The van der Waals surface area contributed by atoms with E-state index in [4.69, 9.17) is 5.11 Å². The summed E-state index contributed by atoms with van der Waals surface area (Å²) >= 11 is 0. The number of carboxylic acids is 1. The zero-order valence-electron chi connectivity index (χ0n) is 10.7. The number of hydrogen-bond donors (Lipinski definition) is 2. The van der Waals surface area contributed by atoms with Gasteiger partial charge in [0, 0.05) is 12.0 Å². The van der Waals surface area contributed by atoms with Gasteiger partial charge in [0.05, 0.1) is 6.42 Å². The summed E-state index contributed by atoms with van der Waals surface area (Å²) in [6.45, 7) is 0. The molecule has 0 aliphatic heterocycles. The molecule has 20 heavy (non-hydrogen) atoms. The van der Waals surface area contributed by atoms with E-state index in [1.54, 1.807) is 42.5 Å². The summed E-state index contributed by atoms with van der Waals surface area (Å²) in [4.78, 5) is 22.2. The Morgan fingerprint density at radius 2 is 1.60 bits per heavy atom. The molecule has 4 nitrogen and oxygen atoms in total. The van der Waals surface area contributed by atoms with Crippen molar-refractivity contribution in [3.05, 3.63) is 54.1 Å². The van der Waals surface area contributed by atoms with E-state index >= 15 is 0 Å². The van der Waals surface area contributed by atoms with Crippen LogP contribution < -0.4 is 0 Å². The fourth-order valence-corrected chi connectivity index (χ4v) is 1.90. The Labute approximate surface area is 116 Å². The van der Waals surface area contributed by atoms with Crippen LogP contribution in [0.4, 0.5) is 0 Å². The van der Waals surface area contributed by atoms with Gasteiger partial charge in [-0.3, -0.25) is 9.59 Å². The molecule has 0 fully saturated rings. The third-order valence-corrected chi connectivity index (χ3v) is 2.95. The normalized spacial score (nSPS) is 10.2. The van der Waals surface area contributed by atoms with E-state index in [0.29, 0.717) is 5.56 Å². The fourth-order valence-electron chi connectivity index (χ4n) is 1.90. The Morgan fingerprint density at radius 1 is 0.900 bits per heavy atom. The molecule has 0 aliphatic rings. The summed E-state index contributed by atoms with van der Waals surface area (Å²) in [6, 6.07) is 13.7. The largest absolute Gasteiger partial charge is 0.508 e. The van der Waals surface area contributed by atoms with Crippen molar-refractivity contribution in [1.82, 2.24) is 0 Å². The molecule has 2 aromatic rings. The van der Waals surface area contributed by atoms with Crippen molar-refractivity contribution in [2.24, 2.45) is 0 Å². The average Bonchev–Trinajstić information content (AvgIpc) is 2.45. The van der Waals surface area contributed by atoms with E-state index in [9.17, 15) is 14.7 Å². The van der Waals surface area contributed by atoms with Crippen LogP contribution >= 0.6 is 0 Å². The number of ketones is 1. The Hall–Kier alpha value is -2.62. The van der Waals surface area contributed by atoms with Crippen molar-refractivity contribution in [3.63, 3.8) is 0 Å². The molecule has 0 aliphatic carbocycles. The first-order valence-electron chi connectivity index (χ1n) is 6.21. The van der Waals surface area contributed by atoms with Crippen molar-refractivity contribution in [1.29, 1.82) is 0 Å². The number of aromatic hydroxyl groups is 1. The van der Waals surface area contributed by atoms with Crippen LogP contribution in [0, 0.1) is 0 Å². The highest BCUT2D eigenvalue weighted by Gasteiger charge is 2.08. The van der Waals surface area contributed by atoms with Gasteiger partial charge in [-0.1, -0.05) is 36.4 Å². The maximum atomic E-state index is 11.7. The molecule has 0 bridgehead atoms. The van der Waals surface area contributed by atoms with Crippen LogP contribution in [0.3, 0.4) is 0 Å². The molecule has 0 atom stereocenters. The Kier molecular flexibility index (Phi) is 4.15. The lowest BCUT2D eigenvalue weighted by Crippen LogP contribution is -2.03. The lowest BCUT2D eigenvalue weighted by Gasteiger charge is -2.04. The van der Waals surface area contributed by atoms with Gasteiger partial charge in [0.1, 0.15) is 5.75 Å². The van der Waals surface area contributed by atoms with Crippen LogP contribution in [0.25, 0.3) is 11.1 Å². The highest BCUT2D eigenvalue weighted by atomic mass is 16.4. The minimum Gasteiger partial charge on any atom is -0.508 e. The lowest BCUT2D eigenvalue weighted by atomic mass is 10.0. The minimum atomic E-state index is -0.977. The highest BCUT2D eigenvalue weighted by Crippen LogP contribution is 2.23. The lowest BCUT2D eigenvalue weighted by molar-refractivity contribution is -0.136. The molecule has 0 saturated carbocycles. The van der Waals surface area contributed by atoms with Crippen molar-refractivity contribution in [2.45, 2.75) is 12.8 Å². The molecule has 2 N–H and O–H groups in total. The predicted molar refractivity (Wildman–Crippen MR) is 74.7 cm³/mol. The number of phenols is 1. The summed E-state index contributed by atoms with van der Waals surface area (Å²) in [5.41, 5.74) is 2.24. The summed E-state index contributed by atoms with van der Waals surface area (Å²) in [6.07, 6.45) is -0.159. The number of hydrogen-bond acceptors (Lipinski definition) is 3. The highest BCUT2D eigenvalue weighted by molar-refractivity contribution is 5.97. The summed E-state index contributed by atoms with van der Waals surface area (Å²) in [7, 11) is 0. The minimum absolute atomic E-state index is 0.000799. The number of Topliss-reactive ketones (excluding diaryl/α,β-unsaturated/α-hetero) is 1. The molecule has 102 valence electrons. The first-order valence-corrected chi connectivity index (χ1v) is 6.21. The molecule has 0 radical (unpaired) electrons. The van der Waals surface area contributed by atoms with Crippen LogP contribution in [0.15, 0.2) is 48.5 Å². The van der Waals surface area contributed by atoms with Gasteiger partial charge in [0.2, 0.25) is 0 Å². The second-order valence-electron chi connectivity index (χ2n) is 4.44. The average molecular weight is 270 g/mol. The van der Waals surface area contributed by atoms with Crippen molar-refractivity contribution >= 4 is 11.8 Å². The van der Waals surface area contributed by atoms with E-state index < -0.39 is 5.97 Å². The molecule has 0 aromatic heterocycles. The van der Waals surface area contributed by atoms with Gasteiger partial charge >= 0.3 is 5.97 Å². The summed E-state index contributed by atoms with van der Waals surface area (Å²) in [5.74, 6) is -0.978. The van der Waals surface area contributed by atoms with Gasteiger partial charge < -0.3 is 10.2 Å². The van der Waals surface area contributed by atoms with E-state index in [0.717, 1.165) is 11.1 Å². The first kappa shape index (κ1) is 13.8. The third kappa shape index (κ3) is 3.45. The van der Waals surface area contributed by atoms with E-state index in [1.165, 1.54) is 0 Å². The Bertz CT molecular complexity index is 629. The number of aliphatic carboxylic acids is 1. The molecular formula is C16H14O4. The van der Waals surface area contributed by atoms with E-state index in [-0.39, 0.29) is 24.4 Å². The van der Waals surface area contributed by atoms with Gasteiger partial charge in [-0.15, -0.1) is 0 Å². The zero-order valence-corrected chi connectivity index (χ0v) is 10.7. The van der Waals surface area contributed by atoms with Crippen molar-refractivity contribution in [2.75, 3.05) is 0 Å². The third-order valence-electron chi connectivity index (χ3n) is 2.95. The van der Waals surface area contributed by atoms with Crippen LogP contribution in [0.5, 0.6) is 5.75 Å². The van der Waals surface area contributed by atoms with Crippen LogP contribution in [0.1, 0.15) is 23.2 Å². The molecular weight excluding hydrogens is 256 g/mol. The number of carboxylic acid groups (broad SMARTS) is 1. The maximum Gasteiger partial charge on any atom is 0.303 e. The zero-order chi connectivity index (χ0) is 14.5. The van der Waals surface area contributed by atoms with Gasteiger partial charge in [-0.25, -0.2) is 0 Å². The van der Waals surface area contributed by atoms with E-state index in [1.807, 2.05) is 6.07 Å². The molecule has 0 unspecified atom stereocenters. The molecule has 0 heterocycles. The monoisotopic (exact) mass is 270 g/mol. The van der Waals surface area contributed by atoms with Crippen molar-refractivity contribution in [3.8, 4) is 16.9 Å². The second kappa shape index (κ2) is 6.02. The molecule has 2 aromatic carbocycles.